The molecule has 1 saturated carbocycles. The number of nitrogens with two attached hydrogens (primary N) is 1. The summed E-state index contributed by atoms with van der Waals surface area (Å²) in [6, 6.07) is 0. The zero-order valence-corrected chi connectivity index (χ0v) is 12.3. The van der Waals surface area contributed by atoms with Crippen molar-refractivity contribution in [1.29, 1.82) is 0 Å². The van der Waals surface area contributed by atoms with E-state index in [0.29, 0.717) is 13.0 Å². The lowest BCUT2D eigenvalue weighted by molar-refractivity contribution is -0.122. The van der Waals surface area contributed by atoms with E-state index in [9.17, 15) is 4.79 Å². The van der Waals surface area contributed by atoms with Crippen LogP contribution >= 0.6 is 0 Å². The predicted molar refractivity (Wildman–Crippen MR) is 77.8 cm³/mol. The highest BCUT2D eigenvalue weighted by atomic mass is 16.1. The van der Waals surface area contributed by atoms with E-state index in [2.05, 4.69) is 17.3 Å². The summed E-state index contributed by atoms with van der Waals surface area (Å²) in [5, 5.41) is 3.10. The van der Waals surface area contributed by atoms with Crippen molar-refractivity contribution in [2.75, 3.05) is 33.2 Å². The van der Waals surface area contributed by atoms with Crippen molar-refractivity contribution in [3.8, 4) is 0 Å². The van der Waals surface area contributed by atoms with Crippen molar-refractivity contribution < 1.29 is 4.79 Å². The third-order valence-corrected chi connectivity index (χ3v) is 5.13. The second kappa shape index (κ2) is 6.71. The Hall–Kier alpha value is -0.610. The number of carbonyl (C=O) groups is 1. The van der Waals surface area contributed by atoms with Gasteiger partial charge in [-0.2, -0.15) is 0 Å². The van der Waals surface area contributed by atoms with Crippen molar-refractivity contribution in [2.45, 2.75) is 44.9 Å². The molecule has 110 valence electrons. The molecule has 0 bridgehead atoms. The number of amides is 1. The molecule has 0 radical (unpaired) electrons. The van der Waals surface area contributed by atoms with E-state index in [1.165, 1.54) is 45.2 Å². The molecule has 2 rings (SSSR count). The van der Waals surface area contributed by atoms with Crippen LogP contribution in [0, 0.1) is 11.3 Å². The summed E-state index contributed by atoms with van der Waals surface area (Å²) in [6.45, 7) is 3.86. The molecule has 0 aromatic carbocycles. The van der Waals surface area contributed by atoms with E-state index in [4.69, 9.17) is 5.73 Å². The molecule has 0 atom stereocenters. The van der Waals surface area contributed by atoms with Gasteiger partial charge in [-0.25, -0.2) is 0 Å². The maximum atomic E-state index is 11.9. The average Bonchev–Trinajstić information content (AvgIpc) is 2.37. The lowest BCUT2D eigenvalue weighted by Gasteiger charge is -2.41. The molecule has 0 unspecified atom stereocenters. The topological polar surface area (TPSA) is 58.4 Å². The minimum absolute atomic E-state index is 0.221. The number of likely N-dealkylation sites (tertiary alicyclic amines) is 1. The zero-order valence-electron chi connectivity index (χ0n) is 12.3. The van der Waals surface area contributed by atoms with E-state index >= 15 is 0 Å². The van der Waals surface area contributed by atoms with Crippen LogP contribution < -0.4 is 11.1 Å². The van der Waals surface area contributed by atoms with Gasteiger partial charge in [0.1, 0.15) is 0 Å². The molecular formula is C15H29N3O. The fraction of sp³-hybridized carbons (Fsp3) is 0.933. The Balaban J connectivity index is 1.59. The maximum Gasteiger partial charge on any atom is 0.220 e. The Kier molecular flexibility index (Phi) is 5.22. The Morgan fingerprint density at radius 1 is 1.37 bits per heavy atom. The van der Waals surface area contributed by atoms with Crippen LogP contribution in [0.25, 0.3) is 0 Å². The third kappa shape index (κ3) is 4.18. The van der Waals surface area contributed by atoms with E-state index in [1.54, 1.807) is 0 Å². The quantitative estimate of drug-likeness (QED) is 0.764. The number of rotatable bonds is 6. The number of hydrogen-bond donors (Lipinski definition) is 2. The Bertz CT molecular complexity index is 288. The predicted octanol–water partition coefficient (Wildman–Crippen LogP) is 1.35. The Morgan fingerprint density at radius 3 is 2.58 bits per heavy atom. The first kappa shape index (κ1) is 14.8. The normalized spacial score (nSPS) is 23.9. The molecule has 19 heavy (non-hydrogen) atoms. The van der Waals surface area contributed by atoms with Crippen molar-refractivity contribution in [2.24, 2.45) is 17.1 Å². The lowest BCUT2D eigenvalue weighted by atomic mass is 9.69. The van der Waals surface area contributed by atoms with E-state index in [0.717, 1.165) is 18.9 Å². The minimum Gasteiger partial charge on any atom is -0.355 e. The molecule has 2 aliphatic rings. The minimum atomic E-state index is 0.221. The van der Waals surface area contributed by atoms with Crippen LogP contribution in [0.3, 0.4) is 0 Å². The number of nitrogens with zero attached hydrogens (tertiary/aromatic N) is 1. The van der Waals surface area contributed by atoms with Gasteiger partial charge in [-0.3, -0.25) is 4.79 Å². The summed E-state index contributed by atoms with van der Waals surface area (Å²) >= 11 is 0. The number of hydrogen-bond acceptors (Lipinski definition) is 3. The monoisotopic (exact) mass is 267 g/mol. The maximum absolute atomic E-state index is 11.9. The van der Waals surface area contributed by atoms with Gasteiger partial charge < -0.3 is 16.0 Å². The summed E-state index contributed by atoms with van der Waals surface area (Å²) < 4.78 is 0. The van der Waals surface area contributed by atoms with Crippen molar-refractivity contribution in [3.63, 3.8) is 0 Å². The summed E-state index contributed by atoms with van der Waals surface area (Å²) in [5.41, 5.74) is 6.03. The molecule has 2 fully saturated rings. The largest absolute Gasteiger partial charge is 0.355 e. The van der Waals surface area contributed by atoms with E-state index in [1.807, 2.05) is 0 Å². The molecule has 0 spiro atoms. The van der Waals surface area contributed by atoms with Gasteiger partial charge in [0.05, 0.1) is 0 Å². The summed E-state index contributed by atoms with van der Waals surface area (Å²) in [6.07, 6.45) is 7.86. The molecule has 1 aliphatic carbocycles. The highest BCUT2D eigenvalue weighted by Gasteiger charge is 2.35. The van der Waals surface area contributed by atoms with Gasteiger partial charge in [-0.1, -0.05) is 6.42 Å². The van der Waals surface area contributed by atoms with Crippen LogP contribution in [0.5, 0.6) is 0 Å². The fourth-order valence-electron chi connectivity index (χ4n) is 3.19. The first-order valence-electron chi connectivity index (χ1n) is 7.79. The van der Waals surface area contributed by atoms with Gasteiger partial charge >= 0.3 is 0 Å². The summed E-state index contributed by atoms with van der Waals surface area (Å²) in [7, 11) is 2.17. The van der Waals surface area contributed by atoms with E-state index in [-0.39, 0.29) is 11.3 Å². The molecule has 1 amide bonds. The number of carbonyl (C=O) groups excluding carboxylic acids is 1. The second-order valence-electron chi connectivity index (χ2n) is 6.62. The van der Waals surface area contributed by atoms with Crippen molar-refractivity contribution >= 4 is 5.91 Å². The van der Waals surface area contributed by atoms with Gasteiger partial charge in [-0.15, -0.1) is 0 Å². The average molecular weight is 267 g/mol. The molecule has 1 aliphatic heterocycles. The molecule has 4 heteroatoms. The van der Waals surface area contributed by atoms with Crippen LogP contribution in [0.4, 0.5) is 0 Å². The lowest BCUT2D eigenvalue weighted by Crippen LogP contribution is -2.47. The third-order valence-electron chi connectivity index (χ3n) is 5.13. The van der Waals surface area contributed by atoms with Crippen LogP contribution in [-0.2, 0) is 4.79 Å². The summed E-state index contributed by atoms with van der Waals surface area (Å²) in [4.78, 5) is 14.3. The highest BCUT2D eigenvalue weighted by molar-refractivity contribution is 5.75. The molecule has 1 heterocycles. The standard InChI is InChI=1S/C15H29N3O/c1-18-9-5-13(6-10-18)3-4-14(19)17-12-15(11-16)7-2-8-15/h13H,2-12,16H2,1H3,(H,17,19). The summed E-state index contributed by atoms with van der Waals surface area (Å²) in [5.74, 6) is 0.966. The SMILES string of the molecule is CN1CCC(CCC(=O)NCC2(CN)CCC2)CC1. The number of nitrogens with one attached hydrogen (secondary N) is 1. The Morgan fingerprint density at radius 2 is 2.05 bits per heavy atom. The van der Waals surface area contributed by atoms with Crippen LogP contribution in [0.1, 0.15) is 44.9 Å². The first-order valence-corrected chi connectivity index (χ1v) is 7.79. The van der Waals surface area contributed by atoms with Gasteiger partial charge in [0.25, 0.3) is 0 Å². The van der Waals surface area contributed by atoms with Gasteiger partial charge in [0.15, 0.2) is 0 Å². The molecule has 3 N–H and O–H groups in total. The second-order valence-corrected chi connectivity index (χ2v) is 6.62. The van der Waals surface area contributed by atoms with Gasteiger partial charge in [-0.05, 0) is 70.1 Å². The van der Waals surface area contributed by atoms with Crippen molar-refractivity contribution in [3.05, 3.63) is 0 Å². The molecule has 0 aromatic rings. The van der Waals surface area contributed by atoms with Crippen molar-refractivity contribution in [1.82, 2.24) is 10.2 Å². The van der Waals surface area contributed by atoms with Crippen LogP contribution in [0.2, 0.25) is 0 Å². The zero-order chi connectivity index (χ0) is 13.7. The number of piperidine rings is 1. The van der Waals surface area contributed by atoms with Crippen LogP contribution in [-0.4, -0.2) is 44.0 Å². The van der Waals surface area contributed by atoms with Gasteiger partial charge in [0, 0.05) is 13.0 Å². The highest BCUT2D eigenvalue weighted by Crippen LogP contribution is 2.39. The molecular weight excluding hydrogens is 238 g/mol. The molecule has 0 aromatic heterocycles. The molecule has 4 nitrogen and oxygen atoms in total. The molecule has 1 saturated heterocycles. The van der Waals surface area contributed by atoms with Crippen LogP contribution in [0.15, 0.2) is 0 Å². The van der Waals surface area contributed by atoms with Gasteiger partial charge in [0.2, 0.25) is 5.91 Å². The van der Waals surface area contributed by atoms with E-state index < -0.39 is 0 Å². The fourth-order valence-corrected chi connectivity index (χ4v) is 3.19. The smallest absolute Gasteiger partial charge is 0.220 e. The Labute approximate surface area is 117 Å². The first-order chi connectivity index (χ1) is 9.13.